The number of amides is 1. The summed E-state index contributed by atoms with van der Waals surface area (Å²) >= 11 is 0. The molecule has 40 heavy (non-hydrogen) atoms. The third-order valence-corrected chi connectivity index (χ3v) is 6.96. The predicted molar refractivity (Wildman–Crippen MR) is 168 cm³/mol. The zero-order valence-electron chi connectivity index (χ0n) is 24.6. The molecule has 1 amide bonds. The van der Waals surface area contributed by atoms with E-state index in [1.54, 1.807) is 26.3 Å². The zero-order valence-corrected chi connectivity index (χ0v) is 25.7. The van der Waals surface area contributed by atoms with Crippen LogP contribution in [-0.4, -0.2) is 29.4 Å². The first kappa shape index (κ1) is 33.1. The third-order valence-electron chi connectivity index (χ3n) is 6.63. The summed E-state index contributed by atoms with van der Waals surface area (Å²) in [5.74, 6) is 0.216. The van der Waals surface area contributed by atoms with Crippen molar-refractivity contribution >= 4 is 26.5 Å². The molecule has 4 nitrogen and oxygen atoms in total. The van der Waals surface area contributed by atoms with Crippen LogP contribution in [0.25, 0.3) is 5.70 Å². The molecule has 0 saturated carbocycles. The minimum atomic E-state index is -2.93. The highest BCUT2D eigenvalue weighted by Gasteiger charge is 2.24. The Morgan fingerprint density at radius 2 is 1.75 bits per heavy atom. The fraction of sp³-hybridized carbons (Fsp3) is 0.394. The lowest BCUT2D eigenvalue weighted by Crippen LogP contribution is -2.27. The number of rotatable bonds is 12. The molecule has 0 bridgehead atoms. The number of hydrogen-bond donors (Lipinski definition) is 1. The fourth-order valence-electron chi connectivity index (χ4n) is 4.26. The number of aryl methyl sites for hydroxylation is 4. The van der Waals surface area contributed by atoms with Gasteiger partial charge in [-0.2, -0.15) is 8.78 Å². The Kier molecular flexibility index (Phi) is 13.4. The number of carbonyl (C=O) groups is 1. The van der Waals surface area contributed by atoms with Crippen LogP contribution >= 0.6 is 9.24 Å². The average Bonchev–Trinajstić information content (AvgIpc) is 2.93. The Bertz CT molecular complexity index is 1260. The maximum atomic E-state index is 13.4. The molecule has 3 aromatic rings. The summed E-state index contributed by atoms with van der Waals surface area (Å²) < 4.78 is 26.8. The van der Waals surface area contributed by atoms with Gasteiger partial charge in [0.2, 0.25) is 5.91 Å². The lowest BCUT2D eigenvalue weighted by atomic mass is 10.0. The van der Waals surface area contributed by atoms with E-state index in [9.17, 15) is 13.6 Å². The highest BCUT2D eigenvalue weighted by Crippen LogP contribution is 2.36. The van der Waals surface area contributed by atoms with E-state index in [0.29, 0.717) is 17.8 Å². The molecule has 216 valence electrons. The first-order valence-electron chi connectivity index (χ1n) is 14.0. The molecule has 1 heterocycles. The quantitative estimate of drug-likeness (QED) is 0.224. The van der Waals surface area contributed by atoms with Gasteiger partial charge in [0.25, 0.3) is 5.66 Å². The minimum Gasteiger partial charge on any atom is -0.356 e. The number of benzene rings is 2. The first-order valence-corrected chi connectivity index (χ1v) is 14.6. The van der Waals surface area contributed by atoms with Crippen LogP contribution in [0.5, 0.6) is 0 Å². The van der Waals surface area contributed by atoms with Crippen LogP contribution < -0.4 is 5.32 Å². The number of aromatic nitrogens is 1. The van der Waals surface area contributed by atoms with Crippen molar-refractivity contribution in [3.63, 3.8) is 0 Å². The van der Waals surface area contributed by atoms with Crippen LogP contribution in [-0.2, 0) is 29.7 Å². The topological polar surface area (TPSA) is 45.2 Å². The number of nitrogens with one attached hydrogen (secondary N) is 1. The van der Waals surface area contributed by atoms with Crippen molar-refractivity contribution in [2.45, 2.75) is 71.9 Å². The van der Waals surface area contributed by atoms with Crippen LogP contribution in [0.1, 0.15) is 73.4 Å². The molecular weight excluding hydrogens is 523 g/mol. The Labute approximate surface area is 241 Å². The molecule has 0 aliphatic carbocycles. The van der Waals surface area contributed by atoms with Crippen LogP contribution in [0.3, 0.4) is 0 Å². The smallest absolute Gasteiger partial charge is 0.283 e. The van der Waals surface area contributed by atoms with Gasteiger partial charge in [-0.3, -0.25) is 9.78 Å². The van der Waals surface area contributed by atoms with Crippen molar-refractivity contribution in [1.29, 1.82) is 0 Å². The van der Waals surface area contributed by atoms with Crippen LogP contribution in [0, 0.1) is 6.92 Å². The van der Waals surface area contributed by atoms with E-state index >= 15 is 0 Å². The summed E-state index contributed by atoms with van der Waals surface area (Å²) in [6.45, 7) is 13.3. The van der Waals surface area contributed by atoms with Gasteiger partial charge in [-0.05, 0) is 78.6 Å². The molecule has 7 heteroatoms. The van der Waals surface area contributed by atoms with Gasteiger partial charge in [0.1, 0.15) is 0 Å². The second kappa shape index (κ2) is 16.2. The monoisotopic (exact) mass is 567 g/mol. The normalized spacial score (nSPS) is 10.9. The van der Waals surface area contributed by atoms with Crippen molar-refractivity contribution in [3.8, 4) is 0 Å². The second-order valence-corrected chi connectivity index (χ2v) is 10.8. The van der Waals surface area contributed by atoms with E-state index in [4.69, 9.17) is 0 Å². The predicted octanol–water partition coefficient (Wildman–Crippen LogP) is 8.40. The fourth-order valence-corrected chi connectivity index (χ4v) is 4.44. The summed E-state index contributed by atoms with van der Waals surface area (Å²) in [7, 11) is 3.43. The van der Waals surface area contributed by atoms with E-state index < -0.39 is 5.66 Å². The number of halogens is 2. The van der Waals surface area contributed by atoms with Gasteiger partial charge in [-0.25, -0.2) is 0 Å². The highest BCUT2D eigenvalue weighted by molar-refractivity contribution is 7.17. The van der Waals surface area contributed by atoms with Crippen molar-refractivity contribution in [2.24, 2.45) is 0 Å². The van der Waals surface area contributed by atoms with Gasteiger partial charge in [-0.15, -0.1) is 0 Å². The Balaban J connectivity index is 0.000000294. The summed E-state index contributed by atoms with van der Waals surface area (Å²) in [5.41, 5.74) is 4.22. The van der Waals surface area contributed by atoms with Crippen molar-refractivity contribution in [3.05, 3.63) is 101 Å². The molecule has 1 aromatic heterocycles. The number of pyridine rings is 1. The van der Waals surface area contributed by atoms with E-state index in [1.807, 2.05) is 25.5 Å². The summed E-state index contributed by atoms with van der Waals surface area (Å²) in [4.78, 5) is 17.8. The molecule has 1 N–H and O–H groups in total. The number of hydrogen-bond acceptors (Lipinski definition) is 3. The number of alkyl halides is 2. The molecule has 0 radical (unpaired) electrons. The van der Waals surface area contributed by atoms with E-state index in [-0.39, 0.29) is 11.5 Å². The molecular formula is C33H44F2N3OP. The van der Waals surface area contributed by atoms with Crippen molar-refractivity contribution in [1.82, 2.24) is 9.88 Å². The third kappa shape index (κ3) is 10.8. The molecule has 0 fully saturated rings. The first-order chi connectivity index (χ1) is 19.0. The zero-order chi connectivity index (χ0) is 29.7. The van der Waals surface area contributed by atoms with E-state index in [2.05, 4.69) is 62.8 Å². The van der Waals surface area contributed by atoms with E-state index in [1.165, 1.54) is 28.8 Å². The Morgan fingerprint density at radius 1 is 1.02 bits per heavy atom. The standard InChI is InChI=1S/C19H22F2NP.C14H22N2O/c1-4-6-15-9-10-16(11-13(15)2)14(3)22-18-8-5-7-17(12-18)19(20,21)23;1-4-8-16(3)14(17)7-6-13-9-12(5-2)10-15-11-13/h5,7-12,22H,3-4,6,23H2,1-2H3;9-11H,4-8H2,1-3H3. The lowest BCUT2D eigenvalue weighted by molar-refractivity contribution is -0.129. The van der Waals surface area contributed by atoms with Gasteiger partial charge < -0.3 is 10.2 Å². The van der Waals surface area contributed by atoms with Crippen molar-refractivity contribution < 1.29 is 13.6 Å². The van der Waals surface area contributed by atoms with Gasteiger partial charge in [0.15, 0.2) is 0 Å². The van der Waals surface area contributed by atoms with Gasteiger partial charge in [0.05, 0.1) is 0 Å². The second-order valence-electron chi connectivity index (χ2n) is 10.1. The molecule has 0 spiro atoms. The maximum absolute atomic E-state index is 13.4. The SMILES string of the molecule is C=C(Nc1cccc(C(F)(F)P)c1)c1ccc(CCC)c(C)c1.CCCN(C)C(=O)CCc1cncc(CC)c1. The molecule has 1 atom stereocenters. The summed E-state index contributed by atoms with van der Waals surface area (Å²) in [5, 5.41) is 3.11. The lowest BCUT2D eigenvalue weighted by Gasteiger charge is -2.15. The van der Waals surface area contributed by atoms with Crippen molar-refractivity contribution in [2.75, 3.05) is 18.9 Å². The molecule has 3 rings (SSSR count). The van der Waals surface area contributed by atoms with Gasteiger partial charge in [-0.1, -0.05) is 73.3 Å². The van der Waals surface area contributed by atoms with Crippen LogP contribution in [0.15, 0.2) is 67.5 Å². The van der Waals surface area contributed by atoms with Crippen LogP contribution in [0.2, 0.25) is 0 Å². The average molecular weight is 568 g/mol. The molecule has 2 aromatic carbocycles. The number of anilines is 1. The Morgan fingerprint density at radius 3 is 2.38 bits per heavy atom. The number of nitrogens with zero attached hydrogens (tertiary/aromatic N) is 2. The van der Waals surface area contributed by atoms with E-state index in [0.717, 1.165) is 49.8 Å². The minimum absolute atomic E-state index is 0.0465. The van der Waals surface area contributed by atoms with Gasteiger partial charge >= 0.3 is 0 Å². The largest absolute Gasteiger partial charge is 0.356 e. The molecule has 0 saturated heterocycles. The maximum Gasteiger partial charge on any atom is 0.283 e. The molecule has 0 aliphatic heterocycles. The summed E-state index contributed by atoms with van der Waals surface area (Å²) in [6, 6.07) is 14.5. The molecule has 1 unspecified atom stereocenters. The number of carbonyl (C=O) groups excluding carboxylic acids is 1. The van der Waals surface area contributed by atoms with Gasteiger partial charge in [0, 0.05) is 49.4 Å². The Hall–Kier alpha value is -3.11. The summed E-state index contributed by atoms with van der Waals surface area (Å²) in [6.07, 6.45) is 9.26. The van der Waals surface area contributed by atoms with Crippen LogP contribution in [0.4, 0.5) is 14.5 Å². The molecule has 0 aliphatic rings. The highest BCUT2D eigenvalue weighted by atomic mass is 31.0.